The number of hydrogen-bond donors (Lipinski definition) is 4. The molecule has 0 fully saturated rings. The average Bonchev–Trinajstić information content (AvgIpc) is 2.57. The molecule has 9 heteroatoms. The summed E-state index contributed by atoms with van der Waals surface area (Å²) in [6, 6.07) is 12.5. The molecule has 0 aromatic heterocycles. The number of nitrogens with one attached hydrogen (secondary N) is 4. The Labute approximate surface area is 169 Å². The van der Waals surface area contributed by atoms with Crippen LogP contribution in [0.5, 0.6) is 0 Å². The highest BCUT2D eigenvalue weighted by molar-refractivity contribution is 9.10. The minimum atomic E-state index is -0.337. The molecular weight excluding hydrogens is 444 g/mol. The number of hydrazine groups is 1. The van der Waals surface area contributed by atoms with Crippen molar-refractivity contribution in [1.29, 1.82) is 0 Å². The lowest BCUT2D eigenvalue weighted by Gasteiger charge is -2.15. The zero-order chi connectivity index (χ0) is 18.4. The highest BCUT2D eigenvalue weighted by atomic mass is 79.9. The summed E-state index contributed by atoms with van der Waals surface area (Å²) in [4.78, 5) is 12.1. The molecule has 5 nitrogen and oxygen atoms in total. The third-order valence-corrected chi connectivity index (χ3v) is 4.66. The van der Waals surface area contributed by atoms with Gasteiger partial charge in [0.1, 0.15) is 0 Å². The van der Waals surface area contributed by atoms with E-state index in [4.69, 9.17) is 36.0 Å². The molecule has 2 rings (SSSR count). The maximum absolute atomic E-state index is 12.1. The van der Waals surface area contributed by atoms with Gasteiger partial charge in [-0.3, -0.25) is 21.0 Å². The molecule has 0 spiro atoms. The summed E-state index contributed by atoms with van der Waals surface area (Å²) < 4.78 is 0.678. The monoisotopic (exact) mass is 456 g/mol. The third-order valence-electron chi connectivity index (χ3n) is 3.15. The minimum absolute atomic E-state index is 0.0905. The molecule has 130 valence electrons. The first kappa shape index (κ1) is 19.6. The number of anilines is 1. The van der Waals surface area contributed by atoms with Crippen molar-refractivity contribution in [1.82, 2.24) is 16.2 Å². The number of thiocarbonyl (C=S) groups is 2. The van der Waals surface area contributed by atoms with Crippen molar-refractivity contribution < 1.29 is 4.79 Å². The van der Waals surface area contributed by atoms with Crippen molar-refractivity contribution >= 4 is 73.8 Å². The Hall–Kier alpha value is -1.74. The molecule has 25 heavy (non-hydrogen) atoms. The van der Waals surface area contributed by atoms with Crippen molar-refractivity contribution in [2.24, 2.45) is 0 Å². The van der Waals surface area contributed by atoms with Crippen molar-refractivity contribution in [2.45, 2.75) is 6.92 Å². The van der Waals surface area contributed by atoms with Gasteiger partial charge in [0.2, 0.25) is 0 Å². The van der Waals surface area contributed by atoms with Crippen molar-refractivity contribution in [3.05, 3.63) is 63.1 Å². The highest BCUT2D eigenvalue weighted by Crippen LogP contribution is 2.22. The van der Waals surface area contributed by atoms with Gasteiger partial charge in [-0.15, -0.1) is 0 Å². The average molecular weight is 458 g/mol. The fraction of sp³-hybridized carbons (Fsp3) is 0.0625. The third kappa shape index (κ3) is 5.64. The van der Waals surface area contributed by atoms with Gasteiger partial charge in [0.15, 0.2) is 10.2 Å². The molecule has 4 N–H and O–H groups in total. The van der Waals surface area contributed by atoms with E-state index in [2.05, 4.69) is 37.4 Å². The van der Waals surface area contributed by atoms with Crippen LogP contribution in [0, 0.1) is 6.92 Å². The van der Waals surface area contributed by atoms with E-state index in [9.17, 15) is 4.79 Å². The van der Waals surface area contributed by atoms with Crippen LogP contribution in [0.1, 0.15) is 15.9 Å². The predicted molar refractivity (Wildman–Crippen MR) is 113 cm³/mol. The topological polar surface area (TPSA) is 65.2 Å². The Morgan fingerprint density at radius 1 is 1.04 bits per heavy atom. The molecule has 0 radical (unpaired) electrons. The van der Waals surface area contributed by atoms with Crippen LogP contribution >= 0.6 is 52.0 Å². The number of amides is 1. The van der Waals surface area contributed by atoms with Gasteiger partial charge in [-0.05, 0) is 77.1 Å². The predicted octanol–water partition coefficient (Wildman–Crippen LogP) is 3.92. The van der Waals surface area contributed by atoms with Crippen LogP contribution in [0.25, 0.3) is 0 Å². The largest absolute Gasteiger partial charge is 0.331 e. The number of halogens is 2. The Morgan fingerprint density at radius 2 is 1.72 bits per heavy atom. The van der Waals surface area contributed by atoms with E-state index in [-0.39, 0.29) is 16.1 Å². The molecule has 0 aliphatic rings. The lowest BCUT2D eigenvalue weighted by molar-refractivity contribution is 0.0976. The zero-order valence-electron chi connectivity index (χ0n) is 13.0. The SMILES string of the molecule is Cc1c(Cl)cccc1NC(=S)NNC(=S)NC(=O)c1ccccc1Br. The smallest absolute Gasteiger partial charge is 0.258 e. The Kier molecular flexibility index (Phi) is 7.12. The fourth-order valence-electron chi connectivity index (χ4n) is 1.86. The molecule has 2 aromatic rings. The van der Waals surface area contributed by atoms with E-state index in [0.29, 0.717) is 15.1 Å². The maximum atomic E-state index is 12.1. The number of benzene rings is 2. The summed E-state index contributed by atoms with van der Waals surface area (Å²) >= 11 is 19.6. The van der Waals surface area contributed by atoms with Crippen molar-refractivity contribution in [3.63, 3.8) is 0 Å². The van der Waals surface area contributed by atoms with Crippen LogP contribution in [-0.2, 0) is 0 Å². The van der Waals surface area contributed by atoms with Gasteiger partial charge in [0.05, 0.1) is 5.56 Å². The molecule has 0 aliphatic carbocycles. The molecule has 0 saturated carbocycles. The van der Waals surface area contributed by atoms with Crippen molar-refractivity contribution in [2.75, 3.05) is 5.32 Å². The second kappa shape index (κ2) is 9.10. The van der Waals surface area contributed by atoms with Gasteiger partial charge in [0.25, 0.3) is 5.91 Å². The molecular formula is C16H14BrClN4OS2. The summed E-state index contributed by atoms with van der Waals surface area (Å²) in [5.41, 5.74) is 7.48. The van der Waals surface area contributed by atoms with Crippen LogP contribution in [-0.4, -0.2) is 16.1 Å². The molecule has 0 bridgehead atoms. The van der Waals surface area contributed by atoms with E-state index >= 15 is 0 Å². The standard InChI is InChI=1S/C16H14BrClN4OS2/c1-9-12(18)7-4-8-13(9)19-15(24)21-22-16(25)20-14(23)10-5-2-3-6-11(10)17/h2-8H,1H3,(H2,19,21,24)(H2,20,22,23,25). The fourth-order valence-corrected chi connectivity index (χ4v) is 2.80. The molecule has 0 aliphatic heterocycles. The van der Waals surface area contributed by atoms with Gasteiger partial charge in [-0.1, -0.05) is 29.8 Å². The summed E-state index contributed by atoms with van der Waals surface area (Å²) in [5, 5.41) is 6.56. The first-order chi connectivity index (χ1) is 11.9. The van der Waals surface area contributed by atoms with E-state index in [1.54, 1.807) is 24.3 Å². The molecule has 0 saturated heterocycles. The summed E-state index contributed by atoms with van der Waals surface area (Å²) in [6.45, 7) is 1.88. The Morgan fingerprint density at radius 3 is 2.44 bits per heavy atom. The van der Waals surface area contributed by atoms with Crippen LogP contribution in [0.15, 0.2) is 46.9 Å². The molecule has 0 atom stereocenters. The number of hydrogen-bond acceptors (Lipinski definition) is 3. The summed E-state index contributed by atoms with van der Waals surface area (Å²) in [5.74, 6) is -0.337. The van der Waals surface area contributed by atoms with E-state index < -0.39 is 0 Å². The van der Waals surface area contributed by atoms with Gasteiger partial charge in [-0.2, -0.15) is 0 Å². The van der Waals surface area contributed by atoms with Crippen molar-refractivity contribution in [3.8, 4) is 0 Å². The number of carbonyl (C=O) groups excluding carboxylic acids is 1. The lowest BCUT2D eigenvalue weighted by atomic mass is 10.2. The van der Waals surface area contributed by atoms with Gasteiger partial charge in [0, 0.05) is 15.2 Å². The highest BCUT2D eigenvalue weighted by Gasteiger charge is 2.11. The van der Waals surface area contributed by atoms with Gasteiger partial charge >= 0.3 is 0 Å². The first-order valence-corrected chi connectivity index (χ1v) is 9.05. The Bertz CT molecular complexity index is 832. The van der Waals surface area contributed by atoms with E-state index in [1.165, 1.54) is 0 Å². The maximum Gasteiger partial charge on any atom is 0.258 e. The number of carbonyl (C=O) groups is 1. The minimum Gasteiger partial charge on any atom is -0.331 e. The summed E-state index contributed by atoms with van der Waals surface area (Å²) in [6.07, 6.45) is 0. The van der Waals surface area contributed by atoms with E-state index in [0.717, 1.165) is 11.3 Å². The molecule has 2 aromatic carbocycles. The summed E-state index contributed by atoms with van der Waals surface area (Å²) in [7, 11) is 0. The molecule has 0 unspecified atom stereocenters. The van der Waals surface area contributed by atoms with Crippen LogP contribution in [0.3, 0.4) is 0 Å². The number of rotatable bonds is 2. The second-order valence-corrected chi connectivity index (χ2v) is 6.96. The zero-order valence-corrected chi connectivity index (χ0v) is 17.0. The van der Waals surface area contributed by atoms with Gasteiger partial charge in [-0.25, -0.2) is 0 Å². The molecule has 0 heterocycles. The van der Waals surface area contributed by atoms with Crippen LogP contribution < -0.4 is 21.5 Å². The second-order valence-electron chi connectivity index (χ2n) is 4.88. The van der Waals surface area contributed by atoms with Gasteiger partial charge < -0.3 is 5.32 Å². The van der Waals surface area contributed by atoms with Crippen LogP contribution in [0.4, 0.5) is 5.69 Å². The molecule has 1 amide bonds. The van der Waals surface area contributed by atoms with Crippen LogP contribution in [0.2, 0.25) is 5.02 Å². The van der Waals surface area contributed by atoms with E-state index in [1.807, 2.05) is 25.1 Å². The normalized spacial score (nSPS) is 9.88. The quantitative estimate of drug-likeness (QED) is 0.405. The Balaban J connectivity index is 1.85. The first-order valence-electron chi connectivity index (χ1n) is 7.06. The lowest BCUT2D eigenvalue weighted by Crippen LogP contribution is -2.49.